The number of anilines is 1. The van der Waals surface area contributed by atoms with Gasteiger partial charge in [-0.25, -0.2) is 9.80 Å². The summed E-state index contributed by atoms with van der Waals surface area (Å²) in [6.45, 7) is 8.07. The van der Waals surface area contributed by atoms with Crippen molar-refractivity contribution in [2.45, 2.75) is 71.8 Å². The van der Waals surface area contributed by atoms with Crippen LogP contribution in [0.4, 0.5) is 10.5 Å². The van der Waals surface area contributed by atoms with Crippen molar-refractivity contribution in [1.82, 2.24) is 20.7 Å². The van der Waals surface area contributed by atoms with Crippen LogP contribution in [0.1, 0.15) is 82.1 Å². The summed E-state index contributed by atoms with van der Waals surface area (Å²) >= 11 is 0. The van der Waals surface area contributed by atoms with Crippen LogP contribution in [-0.4, -0.2) is 52.5 Å². The van der Waals surface area contributed by atoms with Crippen molar-refractivity contribution >= 4 is 35.6 Å². The molecule has 216 valence electrons. The minimum absolute atomic E-state index is 0.106. The summed E-state index contributed by atoms with van der Waals surface area (Å²) in [7, 11) is 0. The molecule has 0 unspecified atom stereocenters. The van der Waals surface area contributed by atoms with E-state index < -0.39 is 17.6 Å². The number of carbonyl (C=O) groups is 4. The van der Waals surface area contributed by atoms with Crippen LogP contribution < -0.4 is 16.1 Å². The maximum Gasteiger partial charge on any atom is 0.429 e. The van der Waals surface area contributed by atoms with Crippen molar-refractivity contribution < 1.29 is 23.9 Å². The number of hydrogen-bond donors (Lipinski definition) is 3. The molecule has 0 saturated heterocycles. The van der Waals surface area contributed by atoms with Gasteiger partial charge in [-0.2, -0.15) is 0 Å². The summed E-state index contributed by atoms with van der Waals surface area (Å²) in [4.78, 5) is 53.1. The highest BCUT2D eigenvalue weighted by Gasteiger charge is 2.23. The molecule has 0 atom stereocenters. The topological polar surface area (TPSA) is 130 Å². The molecule has 0 aliphatic rings. The number of unbranched alkanes of at least 4 members (excludes halogenated alkanes) is 3. The highest BCUT2D eigenvalue weighted by Crippen LogP contribution is 2.13. The molecule has 10 heteroatoms. The highest BCUT2D eigenvalue weighted by atomic mass is 16.6. The molecule has 0 radical (unpaired) electrons. The molecule has 3 N–H and O–H groups in total. The molecule has 4 amide bonds. The molecule has 0 bridgehead atoms. The van der Waals surface area contributed by atoms with Gasteiger partial charge in [-0.05, 0) is 82.0 Å². The largest absolute Gasteiger partial charge is 0.442 e. The maximum absolute atomic E-state index is 12.6. The van der Waals surface area contributed by atoms with Crippen LogP contribution in [0.2, 0.25) is 0 Å². The smallest absolute Gasteiger partial charge is 0.429 e. The number of nitrogens with one attached hydrogen (secondary N) is 3. The van der Waals surface area contributed by atoms with Crippen LogP contribution in [0.25, 0.3) is 6.08 Å². The lowest BCUT2D eigenvalue weighted by Crippen LogP contribution is -2.48. The number of aromatic nitrogens is 1. The standard InChI is InChI=1S/C30H41N5O5/c1-5-21-35(29(39)40-30(2,3)4)34-28(38)24-14-16-25(17-15-24)33-27(37)12-8-6-7-9-20-32-26(36)18-13-23-11-10-19-31-22-23/h10-11,13-19,22H,5-9,12,20-21H2,1-4H3,(H,32,36)(H,33,37)(H,34,38)/b18-13+. The number of hydrogen-bond acceptors (Lipinski definition) is 6. The second-order valence-corrected chi connectivity index (χ2v) is 10.3. The molecule has 1 aromatic carbocycles. The van der Waals surface area contributed by atoms with Gasteiger partial charge in [0.2, 0.25) is 11.8 Å². The molecule has 0 spiro atoms. The Labute approximate surface area is 236 Å². The summed E-state index contributed by atoms with van der Waals surface area (Å²) < 4.78 is 5.35. The van der Waals surface area contributed by atoms with E-state index in [9.17, 15) is 19.2 Å². The Morgan fingerprint density at radius 3 is 2.38 bits per heavy atom. The third kappa shape index (κ3) is 13.0. The van der Waals surface area contributed by atoms with Gasteiger partial charge >= 0.3 is 6.09 Å². The number of ether oxygens (including phenoxy) is 1. The molecule has 1 heterocycles. The summed E-state index contributed by atoms with van der Waals surface area (Å²) in [5, 5.41) is 6.85. The summed E-state index contributed by atoms with van der Waals surface area (Å²) in [5.41, 5.74) is 3.71. The van der Waals surface area contributed by atoms with Crippen molar-refractivity contribution in [3.63, 3.8) is 0 Å². The Morgan fingerprint density at radius 1 is 1.00 bits per heavy atom. The van der Waals surface area contributed by atoms with Gasteiger partial charge in [0.05, 0.1) is 0 Å². The molecular weight excluding hydrogens is 510 g/mol. The molecule has 10 nitrogen and oxygen atoms in total. The average molecular weight is 552 g/mol. The molecule has 2 rings (SSSR count). The van der Waals surface area contributed by atoms with Crippen LogP contribution in [-0.2, 0) is 14.3 Å². The van der Waals surface area contributed by atoms with Crippen LogP contribution in [0.3, 0.4) is 0 Å². The first kappa shape index (κ1) is 32.0. The quantitative estimate of drug-likeness (QED) is 0.181. The summed E-state index contributed by atoms with van der Waals surface area (Å²) in [5.74, 6) is -0.698. The fourth-order valence-corrected chi connectivity index (χ4v) is 3.53. The number of hydrazine groups is 1. The Morgan fingerprint density at radius 2 is 1.73 bits per heavy atom. The highest BCUT2D eigenvalue weighted by molar-refractivity contribution is 5.96. The van der Waals surface area contributed by atoms with Crippen molar-refractivity contribution in [1.29, 1.82) is 0 Å². The van der Waals surface area contributed by atoms with Crippen molar-refractivity contribution in [3.05, 3.63) is 66.0 Å². The summed E-state index contributed by atoms with van der Waals surface area (Å²) in [6, 6.07) is 10.2. The number of nitrogens with zero attached hydrogens (tertiary/aromatic N) is 2. The average Bonchev–Trinajstić information content (AvgIpc) is 2.91. The third-order valence-corrected chi connectivity index (χ3v) is 5.47. The van der Waals surface area contributed by atoms with E-state index in [1.54, 1.807) is 63.5 Å². The Bertz CT molecular complexity index is 1130. The van der Waals surface area contributed by atoms with E-state index in [0.29, 0.717) is 37.2 Å². The number of rotatable bonds is 13. The van der Waals surface area contributed by atoms with E-state index in [-0.39, 0.29) is 11.8 Å². The van der Waals surface area contributed by atoms with E-state index in [2.05, 4.69) is 21.0 Å². The Hall–Kier alpha value is -4.21. The number of amides is 4. The third-order valence-electron chi connectivity index (χ3n) is 5.47. The number of benzene rings is 1. The van der Waals surface area contributed by atoms with Crippen molar-refractivity contribution in [2.24, 2.45) is 0 Å². The molecule has 0 aliphatic heterocycles. The first-order chi connectivity index (χ1) is 19.1. The molecular formula is C30H41N5O5. The minimum Gasteiger partial charge on any atom is -0.442 e. The first-order valence-electron chi connectivity index (χ1n) is 13.6. The van der Waals surface area contributed by atoms with Gasteiger partial charge in [-0.3, -0.25) is 24.8 Å². The van der Waals surface area contributed by atoms with Gasteiger partial charge in [-0.15, -0.1) is 0 Å². The Balaban J connectivity index is 1.65. The summed E-state index contributed by atoms with van der Waals surface area (Å²) in [6.07, 6.45) is 10.3. The lowest BCUT2D eigenvalue weighted by Gasteiger charge is -2.27. The zero-order valence-electron chi connectivity index (χ0n) is 23.9. The van der Waals surface area contributed by atoms with Gasteiger partial charge in [-0.1, -0.05) is 25.8 Å². The fraction of sp³-hybridized carbons (Fsp3) is 0.433. The van der Waals surface area contributed by atoms with Crippen molar-refractivity contribution in [3.8, 4) is 0 Å². The van der Waals surface area contributed by atoms with E-state index in [1.165, 1.54) is 6.08 Å². The van der Waals surface area contributed by atoms with Gasteiger partial charge in [0.15, 0.2) is 0 Å². The van der Waals surface area contributed by atoms with Crippen molar-refractivity contribution in [2.75, 3.05) is 18.4 Å². The van der Waals surface area contributed by atoms with Crippen LogP contribution in [0, 0.1) is 0 Å². The van der Waals surface area contributed by atoms with E-state index >= 15 is 0 Å². The van der Waals surface area contributed by atoms with Gasteiger partial charge in [0.25, 0.3) is 5.91 Å². The van der Waals surface area contributed by atoms with E-state index in [4.69, 9.17) is 4.74 Å². The molecule has 2 aromatic rings. The molecule has 40 heavy (non-hydrogen) atoms. The zero-order valence-corrected chi connectivity index (χ0v) is 23.9. The predicted molar refractivity (Wildman–Crippen MR) is 155 cm³/mol. The number of carbonyl (C=O) groups excluding carboxylic acids is 4. The predicted octanol–water partition coefficient (Wildman–Crippen LogP) is 5.09. The fourth-order valence-electron chi connectivity index (χ4n) is 3.53. The maximum atomic E-state index is 12.6. The minimum atomic E-state index is -0.676. The zero-order chi connectivity index (χ0) is 29.4. The second kappa shape index (κ2) is 16.7. The van der Waals surface area contributed by atoms with Crippen LogP contribution in [0.5, 0.6) is 0 Å². The normalized spacial score (nSPS) is 11.1. The Kier molecular flexibility index (Phi) is 13.4. The number of pyridine rings is 1. The lowest BCUT2D eigenvalue weighted by atomic mass is 10.1. The molecule has 0 fully saturated rings. The van der Waals surface area contributed by atoms with Gasteiger partial charge < -0.3 is 15.4 Å². The van der Waals surface area contributed by atoms with E-state index in [1.807, 2.05) is 19.1 Å². The molecule has 0 saturated carbocycles. The molecule has 1 aromatic heterocycles. The monoisotopic (exact) mass is 551 g/mol. The SMILES string of the molecule is CCCN(NC(=O)c1ccc(NC(=O)CCCCCCNC(=O)/C=C/c2cccnc2)cc1)C(=O)OC(C)(C)C. The van der Waals surface area contributed by atoms with Crippen LogP contribution >= 0.6 is 0 Å². The second-order valence-electron chi connectivity index (χ2n) is 10.3. The van der Waals surface area contributed by atoms with Crippen LogP contribution in [0.15, 0.2) is 54.9 Å². The van der Waals surface area contributed by atoms with Gasteiger partial charge in [0.1, 0.15) is 5.60 Å². The first-order valence-corrected chi connectivity index (χ1v) is 13.6. The lowest BCUT2D eigenvalue weighted by molar-refractivity contribution is -0.117. The molecule has 0 aliphatic carbocycles. The van der Waals surface area contributed by atoms with E-state index in [0.717, 1.165) is 36.3 Å². The van der Waals surface area contributed by atoms with Gasteiger partial charge in [0, 0.05) is 49.2 Å².